The lowest BCUT2D eigenvalue weighted by atomic mass is 10.1. The Bertz CT molecular complexity index is 543. The maximum absolute atomic E-state index is 13.4. The summed E-state index contributed by atoms with van der Waals surface area (Å²) in [5, 5.41) is 2.77. The van der Waals surface area contributed by atoms with E-state index in [1.54, 1.807) is 25.4 Å². The molecule has 1 atom stereocenters. The summed E-state index contributed by atoms with van der Waals surface area (Å²) in [7, 11) is 0. The Morgan fingerprint density at radius 3 is 2.56 bits per heavy atom. The van der Waals surface area contributed by atoms with Gasteiger partial charge in [0.05, 0.1) is 11.7 Å². The van der Waals surface area contributed by atoms with E-state index in [4.69, 9.17) is 0 Å². The van der Waals surface area contributed by atoms with Gasteiger partial charge >= 0.3 is 0 Å². The van der Waals surface area contributed by atoms with Gasteiger partial charge in [0.1, 0.15) is 0 Å². The molecule has 2 nitrogen and oxygen atoms in total. The van der Waals surface area contributed by atoms with Crippen molar-refractivity contribution in [2.45, 2.75) is 13.0 Å². The molecule has 1 heterocycles. The van der Waals surface area contributed by atoms with Crippen molar-refractivity contribution in [1.82, 2.24) is 4.98 Å². The molecule has 1 aromatic carbocycles. The lowest BCUT2D eigenvalue weighted by Gasteiger charge is -2.16. The van der Waals surface area contributed by atoms with E-state index in [-0.39, 0.29) is 11.7 Å². The highest BCUT2D eigenvalue weighted by Gasteiger charge is 2.15. The number of halogens is 3. The third kappa shape index (κ3) is 2.45. The topological polar surface area (TPSA) is 24.9 Å². The molecule has 0 fully saturated rings. The van der Waals surface area contributed by atoms with Crippen LogP contribution in [0.2, 0.25) is 0 Å². The summed E-state index contributed by atoms with van der Waals surface area (Å²) in [6.45, 7) is 1.78. The third-order valence-corrected chi connectivity index (χ3v) is 2.59. The monoisotopic (exact) mass is 252 g/mol. The molecule has 2 rings (SSSR count). The first-order chi connectivity index (χ1) is 8.59. The third-order valence-electron chi connectivity index (χ3n) is 2.59. The number of anilines is 1. The maximum atomic E-state index is 13.4. The Balaban J connectivity index is 2.22. The van der Waals surface area contributed by atoms with Crippen molar-refractivity contribution < 1.29 is 13.2 Å². The average molecular weight is 252 g/mol. The second-order valence-corrected chi connectivity index (χ2v) is 3.88. The summed E-state index contributed by atoms with van der Waals surface area (Å²) in [5.74, 6) is -3.89. The summed E-state index contributed by atoms with van der Waals surface area (Å²) in [5.41, 5.74) is 0.742. The maximum Gasteiger partial charge on any atom is 0.196 e. The number of nitrogens with zero attached hydrogens (tertiary/aromatic N) is 1. The molecular weight excluding hydrogens is 241 g/mol. The first-order valence-electron chi connectivity index (χ1n) is 5.39. The van der Waals surface area contributed by atoms with Crippen LogP contribution in [0.4, 0.5) is 18.9 Å². The van der Waals surface area contributed by atoms with Crippen LogP contribution in [0.25, 0.3) is 0 Å². The van der Waals surface area contributed by atoms with E-state index in [9.17, 15) is 13.2 Å². The minimum absolute atomic E-state index is 0.0785. The highest BCUT2D eigenvalue weighted by Crippen LogP contribution is 2.24. The van der Waals surface area contributed by atoms with Crippen LogP contribution in [0.15, 0.2) is 36.7 Å². The van der Waals surface area contributed by atoms with Gasteiger partial charge in [0, 0.05) is 12.4 Å². The number of hydrogen-bond acceptors (Lipinski definition) is 2. The van der Waals surface area contributed by atoms with Gasteiger partial charge in [-0.25, -0.2) is 13.2 Å². The van der Waals surface area contributed by atoms with Crippen LogP contribution in [0.5, 0.6) is 0 Å². The zero-order chi connectivity index (χ0) is 13.1. The van der Waals surface area contributed by atoms with E-state index in [0.29, 0.717) is 0 Å². The van der Waals surface area contributed by atoms with Crippen molar-refractivity contribution in [3.05, 3.63) is 59.7 Å². The summed E-state index contributed by atoms with van der Waals surface area (Å²) < 4.78 is 39.3. The molecule has 0 radical (unpaired) electrons. The second-order valence-electron chi connectivity index (χ2n) is 3.88. The number of pyridine rings is 1. The van der Waals surface area contributed by atoms with Crippen LogP contribution in [-0.4, -0.2) is 4.98 Å². The molecule has 0 spiro atoms. The summed E-state index contributed by atoms with van der Waals surface area (Å²) in [4.78, 5) is 3.93. The lowest BCUT2D eigenvalue weighted by Crippen LogP contribution is -2.09. The zero-order valence-electron chi connectivity index (χ0n) is 9.62. The standard InChI is InChI=1S/C13H11F3N2/c1-8(9-3-2-6-17-7-9)18-11-5-4-10(14)12(15)13(11)16/h2-8,18H,1H3. The minimum atomic E-state index is -1.47. The fraction of sp³-hybridized carbons (Fsp3) is 0.154. The summed E-state index contributed by atoms with van der Waals surface area (Å²) in [6.07, 6.45) is 3.24. The van der Waals surface area contributed by atoms with Crippen LogP contribution >= 0.6 is 0 Å². The molecule has 94 valence electrons. The molecule has 2 aromatic rings. The number of hydrogen-bond donors (Lipinski definition) is 1. The van der Waals surface area contributed by atoms with Gasteiger partial charge in [0.25, 0.3) is 0 Å². The van der Waals surface area contributed by atoms with Gasteiger partial charge in [0.2, 0.25) is 0 Å². The predicted octanol–water partition coefficient (Wildman–Crippen LogP) is 3.67. The van der Waals surface area contributed by atoms with Crippen molar-refractivity contribution in [2.75, 3.05) is 5.32 Å². The fourth-order valence-electron chi connectivity index (χ4n) is 1.59. The smallest absolute Gasteiger partial charge is 0.196 e. The molecule has 0 saturated heterocycles. The highest BCUT2D eigenvalue weighted by atomic mass is 19.2. The minimum Gasteiger partial charge on any atom is -0.376 e. The molecular formula is C13H11F3N2. The van der Waals surface area contributed by atoms with E-state index >= 15 is 0 Å². The largest absolute Gasteiger partial charge is 0.376 e. The Labute approximate surface area is 102 Å². The van der Waals surface area contributed by atoms with Crippen LogP contribution in [0, 0.1) is 17.5 Å². The molecule has 1 unspecified atom stereocenters. The summed E-state index contributed by atoms with van der Waals surface area (Å²) >= 11 is 0. The fourth-order valence-corrected chi connectivity index (χ4v) is 1.59. The van der Waals surface area contributed by atoms with Crippen molar-refractivity contribution in [2.24, 2.45) is 0 Å². The van der Waals surface area contributed by atoms with Crippen LogP contribution in [-0.2, 0) is 0 Å². The van der Waals surface area contributed by atoms with Crippen molar-refractivity contribution in [3.8, 4) is 0 Å². The Kier molecular flexibility index (Phi) is 3.50. The summed E-state index contributed by atoms with van der Waals surface area (Å²) in [6, 6.07) is 5.34. The van der Waals surface area contributed by atoms with Crippen LogP contribution < -0.4 is 5.32 Å². The molecule has 1 aromatic heterocycles. The molecule has 0 aliphatic rings. The molecule has 5 heteroatoms. The Morgan fingerprint density at radius 1 is 1.11 bits per heavy atom. The van der Waals surface area contributed by atoms with Gasteiger partial charge in [-0.1, -0.05) is 6.07 Å². The SMILES string of the molecule is CC(Nc1ccc(F)c(F)c1F)c1cccnc1. The molecule has 0 amide bonds. The van der Waals surface area contributed by atoms with Crippen molar-refractivity contribution in [1.29, 1.82) is 0 Å². The molecule has 18 heavy (non-hydrogen) atoms. The normalized spacial score (nSPS) is 12.2. The second kappa shape index (κ2) is 5.08. The average Bonchev–Trinajstić information content (AvgIpc) is 2.40. The Morgan fingerprint density at radius 2 is 1.89 bits per heavy atom. The van der Waals surface area contributed by atoms with E-state index in [0.717, 1.165) is 11.6 Å². The first kappa shape index (κ1) is 12.4. The highest BCUT2D eigenvalue weighted by molar-refractivity contribution is 5.47. The van der Waals surface area contributed by atoms with Crippen LogP contribution in [0.1, 0.15) is 18.5 Å². The van der Waals surface area contributed by atoms with Gasteiger partial charge in [-0.15, -0.1) is 0 Å². The van der Waals surface area contributed by atoms with E-state index < -0.39 is 17.5 Å². The van der Waals surface area contributed by atoms with Gasteiger partial charge in [-0.05, 0) is 30.7 Å². The number of aromatic nitrogens is 1. The Hall–Kier alpha value is -2.04. The van der Waals surface area contributed by atoms with Gasteiger partial charge in [-0.2, -0.15) is 0 Å². The van der Waals surface area contributed by atoms with Crippen molar-refractivity contribution >= 4 is 5.69 Å². The van der Waals surface area contributed by atoms with E-state index in [1.807, 2.05) is 6.07 Å². The van der Waals surface area contributed by atoms with Crippen LogP contribution in [0.3, 0.4) is 0 Å². The van der Waals surface area contributed by atoms with Gasteiger partial charge in [0.15, 0.2) is 17.5 Å². The molecule has 1 N–H and O–H groups in total. The quantitative estimate of drug-likeness (QED) is 0.843. The van der Waals surface area contributed by atoms with E-state index in [2.05, 4.69) is 10.3 Å². The zero-order valence-corrected chi connectivity index (χ0v) is 9.62. The van der Waals surface area contributed by atoms with Gasteiger partial charge in [-0.3, -0.25) is 4.98 Å². The first-order valence-corrected chi connectivity index (χ1v) is 5.39. The van der Waals surface area contributed by atoms with E-state index in [1.165, 1.54) is 6.07 Å². The predicted molar refractivity (Wildman–Crippen MR) is 62.6 cm³/mol. The molecule has 0 bridgehead atoms. The lowest BCUT2D eigenvalue weighted by molar-refractivity contribution is 0.448. The molecule has 0 saturated carbocycles. The number of nitrogens with one attached hydrogen (secondary N) is 1. The number of benzene rings is 1. The molecule has 0 aliphatic heterocycles. The number of rotatable bonds is 3. The van der Waals surface area contributed by atoms with Crippen molar-refractivity contribution in [3.63, 3.8) is 0 Å². The van der Waals surface area contributed by atoms with Gasteiger partial charge < -0.3 is 5.32 Å². The molecule has 0 aliphatic carbocycles.